The minimum absolute atomic E-state index is 0.775. The van der Waals surface area contributed by atoms with Crippen LogP contribution in [0, 0.1) is 0 Å². The van der Waals surface area contributed by atoms with Crippen LogP contribution in [0.25, 0.3) is 10.9 Å². The summed E-state index contributed by atoms with van der Waals surface area (Å²) >= 11 is 5.07. The van der Waals surface area contributed by atoms with E-state index in [1.54, 1.807) is 18.0 Å². The summed E-state index contributed by atoms with van der Waals surface area (Å²) in [6, 6.07) is 12.1. The predicted molar refractivity (Wildman–Crippen MR) is 78.8 cm³/mol. The van der Waals surface area contributed by atoms with Crippen molar-refractivity contribution in [1.82, 2.24) is 10.2 Å². The molecule has 1 heterocycles. The van der Waals surface area contributed by atoms with Gasteiger partial charge in [0, 0.05) is 25.3 Å². The fourth-order valence-electron chi connectivity index (χ4n) is 1.71. The van der Waals surface area contributed by atoms with E-state index in [9.17, 15) is 0 Å². The van der Waals surface area contributed by atoms with Crippen molar-refractivity contribution in [3.63, 3.8) is 0 Å². The normalized spacial score (nSPS) is 10.9. The Bertz CT molecular complexity index is 691. The number of hydrogen-bond donors (Lipinski definition) is 2. The van der Waals surface area contributed by atoms with E-state index in [-0.39, 0.29) is 0 Å². The standard InChI is InChI=1S/C13H10BrN3S/c14-9-1-3-10(4-2-9)18-13-6-12-8(5-11(13)15)7-16-17-12/h1-7H,15H2,(H,16,17). The third kappa shape index (κ3) is 2.23. The Balaban J connectivity index is 1.98. The third-order valence-corrected chi connectivity index (χ3v) is 4.22. The molecule has 3 N–H and O–H groups in total. The largest absolute Gasteiger partial charge is 0.398 e. The Morgan fingerprint density at radius 2 is 1.94 bits per heavy atom. The van der Waals surface area contributed by atoms with Gasteiger partial charge < -0.3 is 5.73 Å². The minimum atomic E-state index is 0.775. The third-order valence-electron chi connectivity index (χ3n) is 2.61. The molecule has 0 saturated carbocycles. The number of rotatable bonds is 2. The van der Waals surface area contributed by atoms with Crippen molar-refractivity contribution in [2.24, 2.45) is 0 Å². The quantitative estimate of drug-likeness (QED) is 0.700. The zero-order chi connectivity index (χ0) is 12.5. The average Bonchev–Trinajstić information content (AvgIpc) is 2.79. The number of aromatic nitrogens is 2. The molecule has 5 heteroatoms. The molecule has 0 unspecified atom stereocenters. The van der Waals surface area contributed by atoms with Gasteiger partial charge in [-0.2, -0.15) is 5.10 Å². The van der Waals surface area contributed by atoms with E-state index >= 15 is 0 Å². The first kappa shape index (κ1) is 11.6. The number of fused-ring (bicyclic) bond motifs is 1. The van der Waals surface area contributed by atoms with Crippen molar-refractivity contribution in [2.75, 3.05) is 5.73 Å². The number of nitrogen functional groups attached to an aromatic ring is 1. The van der Waals surface area contributed by atoms with Gasteiger partial charge in [0.2, 0.25) is 0 Å². The van der Waals surface area contributed by atoms with Crippen molar-refractivity contribution >= 4 is 44.3 Å². The second-order valence-electron chi connectivity index (χ2n) is 3.90. The summed E-state index contributed by atoms with van der Waals surface area (Å²) in [5, 5.41) is 8.00. The maximum Gasteiger partial charge on any atom is 0.0663 e. The number of benzene rings is 2. The van der Waals surface area contributed by atoms with Crippen LogP contribution < -0.4 is 5.73 Å². The van der Waals surface area contributed by atoms with Crippen LogP contribution in [0.4, 0.5) is 5.69 Å². The van der Waals surface area contributed by atoms with Crippen LogP contribution in [0.2, 0.25) is 0 Å². The average molecular weight is 320 g/mol. The van der Waals surface area contributed by atoms with E-state index in [1.807, 2.05) is 24.3 Å². The fraction of sp³-hybridized carbons (Fsp3) is 0. The molecule has 0 bridgehead atoms. The second kappa shape index (κ2) is 4.66. The van der Waals surface area contributed by atoms with Crippen molar-refractivity contribution in [3.05, 3.63) is 47.1 Å². The molecule has 3 aromatic rings. The number of nitrogens with two attached hydrogens (primary N) is 1. The van der Waals surface area contributed by atoms with Crippen LogP contribution in [0.1, 0.15) is 0 Å². The second-order valence-corrected chi connectivity index (χ2v) is 5.93. The summed E-state index contributed by atoms with van der Waals surface area (Å²) in [5.41, 5.74) is 7.83. The lowest BCUT2D eigenvalue weighted by Gasteiger charge is -2.05. The zero-order valence-corrected chi connectivity index (χ0v) is 11.8. The Kier molecular flexibility index (Phi) is 3.01. The highest BCUT2D eigenvalue weighted by Gasteiger charge is 2.05. The van der Waals surface area contributed by atoms with Gasteiger partial charge in [0.25, 0.3) is 0 Å². The Morgan fingerprint density at radius 1 is 1.17 bits per heavy atom. The van der Waals surface area contributed by atoms with E-state index in [4.69, 9.17) is 5.73 Å². The molecular weight excluding hydrogens is 310 g/mol. The summed E-state index contributed by atoms with van der Waals surface area (Å²) < 4.78 is 1.07. The molecule has 0 amide bonds. The summed E-state index contributed by atoms with van der Waals surface area (Å²) in [7, 11) is 0. The van der Waals surface area contributed by atoms with Crippen molar-refractivity contribution in [3.8, 4) is 0 Å². The van der Waals surface area contributed by atoms with Crippen LogP contribution in [0.15, 0.2) is 56.9 Å². The molecule has 0 fully saturated rings. The molecule has 0 saturated heterocycles. The fourth-order valence-corrected chi connectivity index (χ4v) is 2.85. The van der Waals surface area contributed by atoms with E-state index in [2.05, 4.69) is 38.3 Å². The van der Waals surface area contributed by atoms with Crippen LogP contribution in [-0.2, 0) is 0 Å². The van der Waals surface area contributed by atoms with Gasteiger partial charge in [-0.1, -0.05) is 27.7 Å². The lowest BCUT2D eigenvalue weighted by atomic mass is 10.2. The van der Waals surface area contributed by atoms with Crippen LogP contribution in [0.5, 0.6) is 0 Å². The summed E-state index contributed by atoms with van der Waals surface area (Å²) in [4.78, 5) is 2.19. The maximum atomic E-state index is 6.05. The topological polar surface area (TPSA) is 54.7 Å². The van der Waals surface area contributed by atoms with Gasteiger partial charge in [0.1, 0.15) is 0 Å². The van der Waals surface area contributed by atoms with Gasteiger partial charge in [-0.25, -0.2) is 0 Å². The smallest absolute Gasteiger partial charge is 0.0663 e. The molecule has 0 radical (unpaired) electrons. The highest BCUT2D eigenvalue weighted by molar-refractivity contribution is 9.10. The Hall–Kier alpha value is -1.46. The van der Waals surface area contributed by atoms with Gasteiger partial charge in [0.05, 0.1) is 11.7 Å². The van der Waals surface area contributed by atoms with E-state index in [0.717, 1.165) is 30.9 Å². The van der Waals surface area contributed by atoms with Gasteiger partial charge >= 0.3 is 0 Å². The monoisotopic (exact) mass is 319 g/mol. The lowest BCUT2D eigenvalue weighted by molar-refractivity contribution is 1.12. The van der Waals surface area contributed by atoms with Crippen LogP contribution in [-0.4, -0.2) is 10.2 Å². The SMILES string of the molecule is Nc1cc2cn[nH]c2cc1Sc1ccc(Br)cc1. The number of nitrogens with one attached hydrogen (secondary N) is 1. The first-order valence-electron chi connectivity index (χ1n) is 5.38. The first-order chi connectivity index (χ1) is 8.72. The zero-order valence-electron chi connectivity index (χ0n) is 9.35. The number of nitrogens with zero attached hydrogens (tertiary/aromatic N) is 1. The van der Waals surface area contributed by atoms with Crippen molar-refractivity contribution < 1.29 is 0 Å². The first-order valence-corrected chi connectivity index (χ1v) is 6.99. The number of aromatic amines is 1. The molecule has 1 aromatic heterocycles. The molecule has 3 nitrogen and oxygen atoms in total. The molecule has 0 atom stereocenters. The van der Waals surface area contributed by atoms with Crippen molar-refractivity contribution in [2.45, 2.75) is 9.79 Å². The predicted octanol–water partition coefficient (Wildman–Crippen LogP) is 4.06. The molecule has 0 aliphatic heterocycles. The van der Waals surface area contributed by atoms with Gasteiger partial charge in [-0.3, -0.25) is 5.10 Å². The molecule has 0 aliphatic rings. The van der Waals surface area contributed by atoms with Crippen LogP contribution >= 0.6 is 27.7 Å². The Morgan fingerprint density at radius 3 is 2.72 bits per heavy atom. The molecular formula is C13H10BrN3S. The molecule has 0 aliphatic carbocycles. The molecule has 3 rings (SSSR count). The maximum absolute atomic E-state index is 6.05. The van der Waals surface area contributed by atoms with Crippen LogP contribution in [0.3, 0.4) is 0 Å². The summed E-state index contributed by atoms with van der Waals surface area (Å²) in [6.07, 6.45) is 1.78. The van der Waals surface area contributed by atoms with Crippen molar-refractivity contribution in [1.29, 1.82) is 0 Å². The molecule has 18 heavy (non-hydrogen) atoms. The minimum Gasteiger partial charge on any atom is -0.398 e. The Labute approximate surface area is 117 Å². The molecule has 0 spiro atoms. The highest BCUT2D eigenvalue weighted by atomic mass is 79.9. The van der Waals surface area contributed by atoms with Gasteiger partial charge in [-0.15, -0.1) is 0 Å². The number of hydrogen-bond acceptors (Lipinski definition) is 3. The van der Waals surface area contributed by atoms with E-state index in [0.29, 0.717) is 0 Å². The number of anilines is 1. The van der Waals surface area contributed by atoms with E-state index in [1.165, 1.54) is 0 Å². The summed E-state index contributed by atoms with van der Waals surface area (Å²) in [6.45, 7) is 0. The molecule has 90 valence electrons. The summed E-state index contributed by atoms with van der Waals surface area (Å²) in [5.74, 6) is 0. The molecule has 2 aromatic carbocycles. The lowest BCUT2D eigenvalue weighted by Crippen LogP contribution is -1.88. The van der Waals surface area contributed by atoms with E-state index < -0.39 is 0 Å². The number of halogens is 1. The number of H-pyrrole nitrogens is 1. The van der Waals surface area contributed by atoms with Gasteiger partial charge in [0.15, 0.2) is 0 Å². The highest BCUT2D eigenvalue weighted by Crippen LogP contribution is 2.34. The van der Waals surface area contributed by atoms with Gasteiger partial charge in [-0.05, 0) is 36.4 Å².